The van der Waals surface area contributed by atoms with Gasteiger partial charge in [-0.2, -0.15) is 13.2 Å². The fraction of sp³-hybridized carbons (Fsp3) is 0.462. The molecular formula is C13H15F3N2OS. The molecule has 0 heterocycles. The standard InChI is InChI=1S/C13H15F3N2OS/c14-13(15,16)20-11-7-2-1-6-10(11)18-12(19)8-4-3-5-9(8)17/h1-2,6-9H,3-5,17H2,(H,18,19). The Hall–Kier alpha value is -1.21. The van der Waals surface area contributed by atoms with Crippen molar-refractivity contribution in [2.24, 2.45) is 11.7 Å². The van der Waals surface area contributed by atoms with Crippen LogP contribution in [0.4, 0.5) is 18.9 Å². The van der Waals surface area contributed by atoms with E-state index in [0.29, 0.717) is 6.42 Å². The molecule has 0 saturated heterocycles. The van der Waals surface area contributed by atoms with Gasteiger partial charge >= 0.3 is 5.51 Å². The van der Waals surface area contributed by atoms with Crippen LogP contribution in [0.1, 0.15) is 19.3 Å². The van der Waals surface area contributed by atoms with E-state index >= 15 is 0 Å². The number of amides is 1. The van der Waals surface area contributed by atoms with Crippen LogP contribution in [-0.2, 0) is 4.79 Å². The summed E-state index contributed by atoms with van der Waals surface area (Å²) in [7, 11) is 0. The second-order valence-corrected chi connectivity index (χ2v) is 5.84. The number of para-hydroxylation sites is 1. The number of thioether (sulfide) groups is 1. The average Bonchev–Trinajstić information content (AvgIpc) is 2.76. The lowest BCUT2D eigenvalue weighted by Crippen LogP contribution is -2.34. The third-order valence-electron chi connectivity index (χ3n) is 3.28. The summed E-state index contributed by atoms with van der Waals surface area (Å²) in [5, 5.41) is 2.57. The van der Waals surface area contributed by atoms with E-state index in [1.807, 2.05) is 0 Å². The van der Waals surface area contributed by atoms with Gasteiger partial charge in [-0.25, -0.2) is 0 Å². The molecule has 2 rings (SSSR count). The van der Waals surface area contributed by atoms with Gasteiger partial charge in [0.25, 0.3) is 0 Å². The van der Waals surface area contributed by atoms with Gasteiger partial charge in [0, 0.05) is 10.9 Å². The Balaban J connectivity index is 2.11. The number of alkyl halides is 3. The molecular weight excluding hydrogens is 289 g/mol. The Labute approximate surface area is 119 Å². The molecule has 3 nitrogen and oxygen atoms in total. The maximum Gasteiger partial charge on any atom is 0.446 e. The maximum absolute atomic E-state index is 12.5. The van der Waals surface area contributed by atoms with Gasteiger partial charge in [-0.3, -0.25) is 4.79 Å². The summed E-state index contributed by atoms with van der Waals surface area (Å²) < 4.78 is 37.4. The minimum absolute atomic E-state index is 0.0140. The van der Waals surface area contributed by atoms with E-state index in [1.165, 1.54) is 18.2 Å². The van der Waals surface area contributed by atoms with Crippen LogP contribution in [0.15, 0.2) is 29.2 Å². The molecule has 1 amide bonds. The SMILES string of the molecule is NC1CCCC1C(=O)Nc1ccccc1SC(F)(F)F. The summed E-state index contributed by atoms with van der Waals surface area (Å²) in [5.74, 6) is -0.621. The summed E-state index contributed by atoms with van der Waals surface area (Å²) in [4.78, 5) is 12.0. The number of nitrogens with one attached hydrogen (secondary N) is 1. The summed E-state index contributed by atoms with van der Waals surface area (Å²) in [5.41, 5.74) is 1.62. The van der Waals surface area contributed by atoms with Crippen molar-refractivity contribution in [1.82, 2.24) is 0 Å². The number of benzene rings is 1. The third-order valence-corrected chi connectivity index (χ3v) is 4.08. The maximum atomic E-state index is 12.5. The first-order valence-corrected chi connectivity index (χ1v) is 7.10. The second kappa shape index (κ2) is 6.05. The van der Waals surface area contributed by atoms with Crippen molar-refractivity contribution in [3.8, 4) is 0 Å². The van der Waals surface area contributed by atoms with E-state index < -0.39 is 5.51 Å². The lowest BCUT2D eigenvalue weighted by atomic mass is 10.0. The monoisotopic (exact) mass is 304 g/mol. The van der Waals surface area contributed by atoms with Gasteiger partial charge in [0.05, 0.1) is 11.6 Å². The number of rotatable bonds is 3. The van der Waals surface area contributed by atoms with Gasteiger partial charge in [0.15, 0.2) is 0 Å². The van der Waals surface area contributed by atoms with Gasteiger partial charge in [-0.15, -0.1) is 0 Å². The van der Waals surface area contributed by atoms with Crippen LogP contribution >= 0.6 is 11.8 Å². The van der Waals surface area contributed by atoms with E-state index in [9.17, 15) is 18.0 Å². The molecule has 1 fully saturated rings. The molecule has 0 aromatic heterocycles. The van der Waals surface area contributed by atoms with Crippen molar-refractivity contribution in [2.45, 2.75) is 35.7 Å². The summed E-state index contributed by atoms with van der Waals surface area (Å²) in [6.45, 7) is 0. The average molecular weight is 304 g/mol. The highest BCUT2D eigenvalue weighted by molar-refractivity contribution is 8.00. The molecule has 7 heteroatoms. The van der Waals surface area contributed by atoms with E-state index in [4.69, 9.17) is 5.73 Å². The van der Waals surface area contributed by atoms with E-state index in [-0.39, 0.29) is 40.2 Å². The zero-order chi connectivity index (χ0) is 14.8. The highest BCUT2D eigenvalue weighted by Gasteiger charge is 2.33. The number of anilines is 1. The van der Waals surface area contributed by atoms with Gasteiger partial charge in [0.2, 0.25) is 5.91 Å². The van der Waals surface area contributed by atoms with Gasteiger partial charge in [-0.1, -0.05) is 18.6 Å². The molecule has 0 bridgehead atoms. The Morgan fingerprint density at radius 2 is 2.00 bits per heavy atom. The molecule has 0 aliphatic heterocycles. The number of nitrogens with two attached hydrogens (primary N) is 1. The quantitative estimate of drug-likeness (QED) is 0.842. The van der Waals surface area contributed by atoms with Crippen LogP contribution in [0.25, 0.3) is 0 Å². The van der Waals surface area contributed by atoms with Crippen molar-refractivity contribution in [2.75, 3.05) is 5.32 Å². The van der Waals surface area contributed by atoms with Crippen LogP contribution in [0.2, 0.25) is 0 Å². The van der Waals surface area contributed by atoms with Crippen molar-refractivity contribution in [3.05, 3.63) is 24.3 Å². The summed E-state index contributed by atoms with van der Waals surface area (Å²) >= 11 is -0.233. The first kappa shape index (κ1) is 15.2. The highest BCUT2D eigenvalue weighted by atomic mass is 32.2. The fourth-order valence-corrected chi connectivity index (χ4v) is 2.95. The van der Waals surface area contributed by atoms with Gasteiger partial charge < -0.3 is 11.1 Å². The lowest BCUT2D eigenvalue weighted by Gasteiger charge is -2.17. The van der Waals surface area contributed by atoms with Crippen molar-refractivity contribution >= 4 is 23.4 Å². The Kier molecular flexibility index (Phi) is 4.59. The van der Waals surface area contributed by atoms with Crippen LogP contribution in [0.3, 0.4) is 0 Å². The third kappa shape index (κ3) is 3.89. The number of halogens is 3. The molecule has 20 heavy (non-hydrogen) atoms. The molecule has 1 aromatic rings. The molecule has 1 saturated carbocycles. The molecule has 2 unspecified atom stereocenters. The minimum Gasteiger partial charge on any atom is -0.327 e. The molecule has 3 N–H and O–H groups in total. The van der Waals surface area contributed by atoms with Crippen molar-refractivity contribution in [3.63, 3.8) is 0 Å². The highest BCUT2D eigenvalue weighted by Crippen LogP contribution is 2.40. The zero-order valence-corrected chi connectivity index (χ0v) is 11.4. The lowest BCUT2D eigenvalue weighted by molar-refractivity contribution is -0.120. The van der Waals surface area contributed by atoms with Gasteiger partial charge in [-0.05, 0) is 36.7 Å². The predicted octanol–water partition coefficient (Wildman–Crippen LogP) is 3.36. The van der Waals surface area contributed by atoms with Crippen LogP contribution < -0.4 is 11.1 Å². The van der Waals surface area contributed by atoms with E-state index in [1.54, 1.807) is 6.07 Å². The van der Waals surface area contributed by atoms with Crippen LogP contribution in [0, 0.1) is 5.92 Å². The molecule has 0 spiro atoms. The number of hydrogen-bond acceptors (Lipinski definition) is 3. The Bertz CT molecular complexity index is 493. The summed E-state index contributed by atoms with van der Waals surface area (Å²) in [6, 6.07) is 5.68. The van der Waals surface area contributed by atoms with Crippen molar-refractivity contribution in [1.29, 1.82) is 0 Å². The fourth-order valence-electron chi connectivity index (χ4n) is 2.32. The van der Waals surface area contributed by atoms with Crippen LogP contribution in [0.5, 0.6) is 0 Å². The smallest absolute Gasteiger partial charge is 0.327 e. The topological polar surface area (TPSA) is 55.1 Å². The molecule has 2 atom stereocenters. The first-order valence-electron chi connectivity index (χ1n) is 6.28. The normalized spacial score (nSPS) is 22.8. The van der Waals surface area contributed by atoms with Crippen molar-refractivity contribution < 1.29 is 18.0 Å². The van der Waals surface area contributed by atoms with Crippen LogP contribution in [-0.4, -0.2) is 17.5 Å². The molecule has 0 radical (unpaired) electrons. The Morgan fingerprint density at radius 1 is 1.30 bits per heavy atom. The predicted molar refractivity (Wildman–Crippen MR) is 72.3 cm³/mol. The second-order valence-electron chi connectivity index (χ2n) is 4.73. The van der Waals surface area contributed by atoms with E-state index in [0.717, 1.165) is 12.8 Å². The van der Waals surface area contributed by atoms with E-state index in [2.05, 4.69) is 5.32 Å². The summed E-state index contributed by atoms with van der Waals surface area (Å²) in [6.07, 6.45) is 2.33. The van der Waals surface area contributed by atoms with Gasteiger partial charge in [0.1, 0.15) is 0 Å². The number of carbonyl (C=O) groups is 1. The zero-order valence-electron chi connectivity index (χ0n) is 10.6. The number of hydrogen-bond donors (Lipinski definition) is 2. The largest absolute Gasteiger partial charge is 0.446 e. The molecule has 110 valence electrons. The first-order chi connectivity index (χ1) is 9.37. The molecule has 1 aromatic carbocycles. The Morgan fingerprint density at radius 3 is 2.60 bits per heavy atom. The number of carbonyl (C=O) groups excluding carboxylic acids is 1. The molecule has 1 aliphatic carbocycles. The minimum atomic E-state index is -4.38. The molecule has 1 aliphatic rings.